The standard InChI is InChI=1S/C17H22F3NO2/c18-17(19,20)13-5-3-4-12(10-13)15(22)11-21-8-9-23-16-7-2-1-6-14(16)21/h3-5,10,14-16,22H,1-2,6-9,11H2. The zero-order chi connectivity index (χ0) is 16.4. The van der Waals surface area contributed by atoms with E-state index >= 15 is 0 Å². The Kier molecular flexibility index (Phi) is 4.94. The van der Waals surface area contributed by atoms with Crippen LogP contribution in [0.25, 0.3) is 0 Å². The summed E-state index contributed by atoms with van der Waals surface area (Å²) in [6.07, 6.45) is -0.750. The Bertz CT molecular complexity index is 533. The Labute approximate surface area is 134 Å². The normalized spacial score (nSPS) is 27.5. The van der Waals surface area contributed by atoms with E-state index in [1.807, 2.05) is 0 Å². The number of rotatable bonds is 3. The van der Waals surface area contributed by atoms with Crippen LogP contribution in [-0.2, 0) is 10.9 Å². The Morgan fingerprint density at radius 1 is 1.26 bits per heavy atom. The lowest BCUT2D eigenvalue weighted by molar-refractivity contribution is -0.137. The molecule has 3 unspecified atom stereocenters. The largest absolute Gasteiger partial charge is 0.416 e. The molecule has 1 heterocycles. The van der Waals surface area contributed by atoms with Crippen molar-refractivity contribution in [1.29, 1.82) is 0 Å². The fourth-order valence-electron chi connectivity index (χ4n) is 3.65. The number of hydrogen-bond acceptors (Lipinski definition) is 3. The van der Waals surface area contributed by atoms with Crippen molar-refractivity contribution in [3.05, 3.63) is 35.4 Å². The molecule has 3 rings (SSSR count). The molecule has 23 heavy (non-hydrogen) atoms. The summed E-state index contributed by atoms with van der Waals surface area (Å²) in [7, 11) is 0. The number of morpholine rings is 1. The van der Waals surface area contributed by atoms with E-state index in [0.29, 0.717) is 18.7 Å². The van der Waals surface area contributed by atoms with Gasteiger partial charge in [-0.25, -0.2) is 0 Å². The highest BCUT2D eigenvalue weighted by atomic mass is 19.4. The van der Waals surface area contributed by atoms with Gasteiger partial charge in [0, 0.05) is 19.1 Å². The highest BCUT2D eigenvalue weighted by Gasteiger charge is 2.35. The summed E-state index contributed by atoms with van der Waals surface area (Å²) in [6, 6.07) is 5.26. The highest BCUT2D eigenvalue weighted by Crippen LogP contribution is 2.32. The van der Waals surface area contributed by atoms with Gasteiger partial charge < -0.3 is 9.84 Å². The van der Waals surface area contributed by atoms with Crippen molar-refractivity contribution in [1.82, 2.24) is 4.90 Å². The highest BCUT2D eigenvalue weighted by molar-refractivity contribution is 5.27. The molecule has 1 aromatic carbocycles. The monoisotopic (exact) mass is 329 g/mol. The zero-order valence-corrected chi connectivity index (χ0v) is 12.9. The topological polar surface area (TPSA) is 32.7 Å². The Morgan fingerprint density at radius 3 is 2.83 bits per heavy atom. The first-order chi connectivity index (χ1) is 10.9. The van der Waals surface area contributed by atoms with Gasteiger partial charge in [0.1, 0.15) is 0 Å². The molecule has 0 bridgehead atoms. The third kappa shape index (κ3) is 3.87. The maximum Gasteiger partial charge on any atom is 0.416 e. The van der Waals surface area contributed by atoms with Crippen molar-refractivity contribution in [2.75, 3.05) is 19.7 Å². The van der Waals surface area contributed by atoms with E-state index in [0.717, 1.165) is 44.4 Å². The molecule has 1 aromatic rings. The van der Waals surface area contributed by atoms with Crippen molar-refractivity contribution in [2.45, 2.75) is 50.1 Å². The third-order valence-electron chi connectivity index (χ3n) is 4.85. The molecule has 1 N–H and O–H groups in total. The summed E-state index contributed by atoms with van der Waals surface area (Å²) < 4.78 is 44.2. The minimum absolute atomic E-state index is 0.200. The molecule has 3 nitrogen and oxygen atoms in total. The van der Waals surface area contributed by atoms with Gasteiger partial charge in [-0.3, -0.25) is 4.90 Å². The van der Waals surface area contributed by atoms with Crippen molar-refractivity contribution in [3.63, 3.8) is 0 Å². The Morgan fingerprint density at radius 2 is 2.04 bits per heavy atom. The fraction of sp³-hybridized carbons (Fsp3) is 0.647. The van der Waals surface area contributed by atoms with E-state index in [1.54, 1.807) is 6.07 Å². The predicted octanol–water partition coefficient (Wildman–Crippen LogP) is 3.38. The number of aliphatic hydroxyl groups excluding tert-OH is 1. The van der Waals surface area contributed by atoms with E-state index < -0.39 is 17.8 Å². The number of fused-ring (bicyclic) bond motifs is 1. The van der Waals surface area contributed by atoms with Gasteiger partial charge in [0.05, 0.1) is 24.4 Å². The van der Waals surface area contributed by atoms with Gasteiger partial charge in [0.2, 0.25) is 0 Å². The average Bonchev–Trinajstić information content (AvgIpc) is 2.54. The molecule has 1 aliphatic carbocycles. The summed E-state index contributed by atoms with van der Waals surface area (Å²) in [5, 5.41) is 10.4. The van der Waals surface area contributed by atoms with Crippen molar-refractivity contribution < 1.29 is 23.0 Å². The molecule has 6 heteroatoms. The zero-order valence-electron chi connectivity index (χ0n) is 12.9. The minimum atomic E-state index is -4.39. The molecule has 0 aromatic heterocycles. The van der Waals surface area contributed by atoms with Gasteiger partial charge in [-0.2, -0.15) is 13.2 Å². The molecule has 3 atom stereocenters. The second-order valence-electron chi connectivity index (χ2n) is 6.40. The average molecular weight is 329 g/mol. The quantitative estimate of drug-likeness (QED) is 0.923. The Hall–Kier alpha value is -1.11. The summed E-state index contributed by atoms with van der Waals surface area (Å²) in [5.41, 5.74) is -0.398. The number of alkyl halides is 3. The first kappa shape index (κ1) is 16.7. The molecule has 2 fully saturated rings. The molecule has 1 saturated carbocycles. The van der Waals surface area contributed by atoms with Crippen LogP contribution in [-0.4, -0.2) is 41.8 Å². The molecule has 0 amide bonds. The molecule has 1 aliphatic heterocycles. The van der Waals surface area contributed by atoms with Crippen LogP contribution in [0.5, 0.6) is 0 Å². The molecule has 1 saturated heterocycles. The number of halogens is 3. The van der Waals surface area contributed by atoms with E-state index in [1.165, 1.54) is 6.07 Å². The van der Waals surface area contributed by atoms with Crippen molar-refractivity contribution >= 4 is 0 Å². The van der Waals surface area contributed by atoms with Gasteiger partial charge in [-0.1, -0.05) is 25.0 Å². The van der Waals surface area contributed by atoms with Crippen molar-refractivity contribution in [3.8, 4) is 0 Å². The Balaban J connectivity index is 1.70. The van der Waals surface area contributed by atoms with E-state index in [-0.39, 0.29) is 12.1 Å². The smallest absolute Gasteiger partial charge is 0.387 e. The van der Waals surface area contributed by atoms with Crippen LogP contribution in [0.4, 0.5) is 13.2 Å². The van der Waals surface area contributed by atoms with E-state index in [4.69, 9.17) is 4.74 Å². The van der Waals surface area contributed by atoms with Gasteiger partial charge in [0.15, 0.2) is 0 Å². The van der Waals surface area contributed by atoms with Gasteiger partial charge >= 0.3 is 6.18 Å². The van der Waals surface area contributed by atoms with Gasteiger partial charge in [0.25, 0.3) is 0 Å². The number of ether oxygens (including phenoxy) is 1. The molecule has 2 aliphatic rings. The van der Waals surface area contributed by atoms with Crippen LogP contribution < -0.4 is 0 Å². The number of hydrogen-bond donors (Lipinski definition) is 1. The number of β-amino-alcohol motifs (C(OH)–C–C–N with tert-alkyl or cyclic N) is 1. The fourth-order valence-corrected chi connectivity index (χ4v) is 3.65. The number of aliphatic hydroxyl groups is 1. The van der Waals surface area contributed by atoms with E-state index in [2.05, 4.69) is 4.90 Å². The van der Waals surface area contributed by atoms with Crippen LogP contribution in [0.1, 0.15) is 42.9 Å². The summed E-state index contributed by atoms with van der Waals surface area (Å²) in [4.78, 5) is 2.18. The molecular weight excluding hydrogens is 307 g/mol. The van der Waals surface area contributed by atoms with Gasteiger partial charge in [-0.05, 0) is 30.5 Å². The molecule has 128 valence electrons. The lowest BCUT2D eigenvalue weighted by Gasteiger charge is -2.44. The summed E-state index contributed by atoms with van der Waals surface area (Å²) in [5.74, 6) is 0. The maximum absolute atomic E-state index is 12.8. The van der Waals surface area contributed by atoms with Crippen LogP contribution >= 0.6 is 0 Å². The minimum Gasteiger partial charge on any atom is -0.387 e. The first-order valence-corrected chi connectivity index (χ1v) is 8.16. The summed E-state index contributed by atoms with van der Waals surface area (Å²) >= 11 is 0. The molecular formula is C17H22F3NO2. The predicted molar refractivity (Wildman–Crippen MR) is 80.0 cm³/mol. The maximum atomic E-state index is 12.8. The summed E-state index contributed by atoms with van der Waals surface area (Å²) in [6.45, 7) is 1.69. The van der Waals surface area contributed by atoms with Crippen LogP contribution in [0.3, 0.4) is 0 Å². The van der Waals surface area contributed by atoms with E-state index in [9.17, 15) is 18.3 Å². The third-order valence-corrected chi connectivity index (χ3v) is 4.85. The molecule has 0 radical (unpaired) electrons. The van der Waals surface area contributed by atoms with Gasteiger partial charge in [-0.15, -0.1) is 0 Å². The SMILES string of the molecule is OC(CN1CCOC2CCCCC21)c1cccc(C(F)(F)F)c1. The van der Waals surface area contributed by atoms with Crippen LogP contribution in [0, 0.1) is 0 Å². The van der Waals surface area contributed by atoms with Crippen LogP contribution in [0.15, 0.2) is 24.3 Å². The van der Waals surface area contributed by atoms with Crippen LogP contribution in [0.2, 0.25) is 0 Å². The lowest BCUT2D eigenvalue weighted by atomic mass is 9.89. The molecule has 0 spiro atoms. The first-order valence-electron chi connectivity index (χ1n) is 8.16. The number of benzene rings is 1. The second-order valence-corrected chi connectivity index (χ2v) is 6.40. The lowest BCUT2D eigenvalue weighted by Crippen LogP contribution is -2.53. The second kappa shape index (κ2) is 6.79. The van der Waals surface area contributed by atoms with Crippen molar-refractivity contribution in [2.24, 2.45) is 0 Å². The number of nitrogens with zero attached hydrogens (tertiary/aromatic N) is 1.